The van der Waals surface area contributed by atoms with Gasteiger partial charge in [0.2, 0.25) is 0 Å². The van der Waals surface area contributed by atoms with E-state index in [-0.39, 0.29) is 18.6 Å². The zero-order chi connectivity index (χ0) is 26.4. The molecule has 8 heteroatoms. The molecule has 0 atom stereocenters. The van der Waals surface area contributed by atoms with E-state index in [4.69, 9.17) is 4.74 Å². The van der Waals surface area contributed by atoms with Crippen molar-refractivity contribution >= 4 is 10.9 Å². The van der Waals surface area contributed by atoms with Crippen LogP contribution in [0, 0.1) is 22.9 Å². The van der Waals surface area contributed by atoms with E-state index in [9.17, 15) is 23.4 Å². The molecule has 0 spiro atoms. The molecule has 0 unspecified atom stereocenters. The third-order valence-corrected chi connectivity index (χ3v) is 7.82. The minimum Gasteiger partial charge on any atom is -0.497 e. The molecule has 0 radical (unpaired) electrons. The Balaban J connectivity index is 1.31. The summed E-state index contributed by atoms with van der Waals surface area (Å²) >= 11 is 0. The summed E-state index contributed by atoms with van der Waals surface area (Å²) in [5.74, 6) is -2.97. The summed E-state index contributed by atoms with van der Waals surface area (Å²) in [5, 5.41) is 21.2. The molecular weight excluding hydrogens is 481 g/mol. The molecule has 37 heavy (non-hydrogen) atoms. The minimum atomic E-state index is -1.43. The van der Waals surface area contributed by atoms with Gasteiger partial charge in [0.25, 0.3) is 0 Å². The molecule has 4 rings (SSSR count). The summed E-state index contributed by atoms with van der Waals surface area (Å²) in [6.07, 6.45) is 7.22. The number of benzene rings is 2. The predicted molar refractivity (Wildman–Crippen MR) is 137 cm³/mol. The van der Waals surface area contributed by atoms with Crippen LogP contribution in [0.1, 0.15) is 48.8 Å². The lowest BCUT2D eigenvalue weighted by atomic mass is 9.74. The molecule has 3 aromatic rings. The topological polar surface area (TPSA) is 65.8 Å². The summed E-state index contributed by atoms with van der Waals surface area (Å²) < 4.78 is 45.4. The van der Waals surface area contributed by atoms with E-state index in [1.54, 1.807) is 13.3 Å². The van der Waals surface area contributed by atoms with E-state index in [0.29, 0.717) is 12.0 Å². The third-order valence-electron chi connectivity index (χ3n) is 7.82. The second-order valence-electron chi connectivity index (χ2n) is 10.1. The van der Waals surface area contributed by atoms with E-state index >= 15 is 0 Å². The van der Waals surface area contributed by atoms with Crippen molar-refractivity contribution in [2.45, 2.75) is 51.6 Å². The Hall–Kier alpha value is -2.68. The largest absolute Gasteiger partial charge is 0.497 e. The number of hydrogen-bond donors (Lipinski definition) is 2. The minimum absolute atomic E-state index is 0.0766. The fourth-order valence-electron chi connectivity index (χ4n) is 5.46. The van der Waals surface area contributed by atoms with Gasteiger partial charge in [-0.15, -0.1) is 0 Å². The van der Waals surface area contributed by atoms with Crippen LogP contribution < -0.4 is 4.74 Å². The van der Waals surface area contributed by atoms with Crippen molar-refractivity contribution in [2.75, 3.05) is 33.4 Å². The molecular formula is C29H35F3N2O3. The Kier molecular flexibility index (Phi) is 9.05. The lowest BCUT2D eigenvalue weighted by Crippen LogP contribution is -2.42. The summed E-state index contributed by atoms with van der Waals surface area (Å²) in [4.78, 5) is 6.78. The monoisotopic (exact) mass is 516 g/mol. The van der Waals surface area contributed by atoms with Crippen LogP contribution in [0.2, 0.25) is 0 Å². The van der Waals surface area contributed by atoms with E-state index < -0.39 is 17.5 Å². The van der Waals surface area contributed by atoms with Gasteiger partial charge in [-0.1, -0.05) is 0 Å². The molecule has 1 aliphatic heterocycles. The van der Waals surface area contributed by atoms with Crippen LogP contribution >= 0.6 is 0 Å². The number of nitrogens with zero attached hydrogens (tertiary/aromatic N) is 2. The number of aromatic nitrogens is 1. The number of aryl methyl sites for hydroxylation is 2. The van der Waals surface area contributed by atoms with Crippen LogP contribution in [0.5, 0.6) is 5.75 Å². The molecule has 1 saturated heterocycles. The van der Waals surface area contributed by atoms with Crippen LogP contribution in [-0.2, 0) is 19.4 Å². The van der Waals surface area contributed by atoms with Crippen LogP contribution in [-0.4, -0.2) is 53.4 Å². The number of aliphatic hydroxyl groups is 2. The number of fused-ring (bicyclic) bond motifs is 1. The van der Waals surface area contributed by atoms with Crippen molar-refractivity contribution in [1.82, 2.24) is 9.88 Å². The van der Waals surface area contributed by atoms with Crippen molar-refractivity contribution in [2.24, 2.45) is 5.41 Å². The summed E-state index contributed by atoms with van der Waals surface area (Å²) in [5.41, 5.74) is 3.07. The van der Waals surface area contributed by atoms with Gasteiger partial charge in [0.1, 0.15) is 5.75 Å². The zero-order valence-corrected chi connectivity index (χ0v) is 21.3. The lowest BCUT2D eigenvalue weighted by molar-refractivity contribution is 0.0353. The molecule has 0 aliphatic carbocycles. The number of pyridine rings is 1. The highest BCUT2D eigenvalue weighted by Crippen LogP contribution is 2.37. The molecule has 0 amide bonds. The Morgan fingerprint density at radius 3 is 2.38 bits per heavy atom. The number of halogens is 3. The average molecular weight is 517 g/mol. The molecule has 200 valence electrons. The fourth-order valence-corrected chi connectivity index (χ4v) is 5.46. The van der Waals surface area contributed by atoms with E-state index in [2.05, 4.69) is 9.88 Å². The number of piperidine rings is 1. The maximum absolute atomic E-state index is 13.4. The first-order valence-electron chi connectivity index (χ1n) is 12.9. The van der Waals surface area contributed by atoms with Gasteiger partial charge in [0, 0.05) is 18.2 Å². The number of likely N-dealkylation sites (tertiary alicyclic amines) is 1. The highest BCUT2D eigenvalue weighted by Gasteiger charge is 2.33. The van der Waals surface area contributed by atoms with Crippen molar-refractivity contribution in [3.8, 4) is 5.75 Å². The average Bonchev–Trinajstić information content (AvgIpc) is 2.92. The number of hydrogen-bond acceptors (Lipinski definition) is 5. The molecule has 1 fully saturated rings. The number of ether oxygens (including phenoxy) is 1. The molecule has 5 nitrogen and oxygen atoms in total. The van der Waals surface area contributed by atoms with Crippen molar-refractivity contribution < 1.29 is 28.1 Å². The SMILES string of the molecule is COc1ccc2ncc(CO)c(CCCC3(CO)CCN(CCCc4cc(F)c(F)c(F)c4)CC3)c2c1. The maximum Gasteiger partial charge on any atom is 0.194 e. The first kappa shape index (κ1) is 27.4. The van der Waals surface area contributed by atoms with Crippen LogP contribution in [0.25, 0.3) is 10.9 Å². The van der Waals surface area contributed by atoms with Crippen LogP contribution in [0.15, 0.2) is 36.5 Å². The van der Waals surface area contributed by atoms with Gasteiger partial charge in [-0.3, -0.25) is 4.98 Å². The zero-order valence-electron chi connectivity index (χ0n) is 21.3. The van der Waals surface area contributed by atoms with Gasteiger partial charge < -0.3 is 19.8 Å². The summed E-state index contributed by atoms with van der Waals surface area (Å²) in [6, 6.07) is 7.90. The maximum atomic E-state index is 13.4. The molecule has 1 aromatic heterocycles. The van der Waals surface area contributed by atoms with Crippen molar-refractivity contribution in [3.05, 3.63) is 70.7 Å². The Morgan fingerprint density at radius 1 is 1.00 bits per heavy atom. The van der Waals surface area contributed by atoms with Crippen LogP contribution in [0.4, 0.5) is 13.2 Å². The highest BCUT2D eigenvalue weighted by atomic mass is 19.2. The Bertz CT molecular complexity index is 1180. The fraction of sp³-hybridized carbons (Fsp3) is 0.483. The van der Waals surface area contributed by atoms with Crippen molar-refractivity contribution in [3.63, 3.8) is 0 Å². The molecule has 0 saturated carbocycles. The van der Waals surface area contributed by atoms with Gasteiger partial charge in [-0.25, -0.2) is 13.2 Å². The first-order chi connectivity index (χ1) is 17.9. The first-order valence-corrected chi connectivity index (χ1v) is 12.9. The summed E-state index contributed by atoms with van der Waals surface area (Å²) in [6.45, 7) is 2.54. The number of aliphatic hydroxyl groups excluding tert-OH is 2. The normalized spacial score (nSPS) is 15.8. The van der Waals surface area contributed by atoms with Crippen LogP contribution in [0.3, 0.4) is 0 Å². The number of rotatable bonds is 11. The van der Waals surface area contributed by atoms with Gasteiger partial charge in [0.05, 0.1) is 19.2 Å². The van der Waals surface area contributed by atoms with E-state index in [1.807, 2.05) is 18.2 Å². The molecule has 2 aromatic carbocycles. The van der Waals surface area contributed by atoms with Gasteiger partial charge in [-0.05, 0) is 117 Å². The van der Waals surface area contributed by atoms with Gasteiger partial charge in [-0.2, -0.15) is 0 Å². The molecule has 0 bridgehead atoms. The van der Waals surface area contributed by atoms with Crippen molar-refractivity contribution in [1.29, 1.82) is 0 Å². The molecule has 2 N–H and O–H groups in total. The summed E-state index contributed by atoms with van der Waals surface area (Å²) in [7, 11) is 1.63. The second kappa shape index (κ2) is 12.2. The quantitative estimate of drug-likeness (QED) is 0.344. The standard InChI is InChI=1S/C29H35F3N2O3/c1-37-22-6-7-27-24(16-22)23(21(18-35)17-33-27)5-2-8-29(19-36)9-12-34(13-10-29)11-3-4-20-14-25(30)28(32)26(31)15-20/h6-7,14-17,35-36H,2-5,8-13,18-19H2,1H3. The van der Waals surface area contributed by atoms with E-state index in [1.165, 1.54) is 0 Å². The highest BCUT2D eigenvalue weighted by molar-refractivity contribution is 5.84. The Labute approximate surface area is 215 Å². The number of methoxy groups -OCH3 is 1. The van der Waals surface area contributed by atoms with Gasteiger partial charge >= 0.3 is 0 Å². The lowest BCUT2D eigenvalue weighted by Gasteiger charge is -2.41. The molecule has 2 heterocycles. The smallest absolute Gasteiger partial charge is 0.194 e. The third kappa shape index (κ3) is 6.43. The van der Waals surface area contributed by atoms with Gasteiger partial charge in [0.15, 0.2) is 17.5 Å². The second-order valence-corrected chi connectivity index (χ2v) is 10.1. The van der Waals surface area contributed by atoms with E-state index in [0.717, 1.165) is 98.1 Å². The predicted octanol–water partition coefficient (Wildman–Crippen LogP) is 5.18. The Morgan fingerprint density at radius 2 is 1.73 bits per heavy atom. The molecule has 1 aliphatic rings.